The average molecular weight is 304 g/mol. The van der Waals surface area contributed by atoms with E-state index in [0.717, 1.165) is 4.90 Å². The number of carbonyl (C=O) groups is 2. The number of nitrogens with zero attached hydrogens (tertiary/aromatic N) is 1. The molecule has 0 bridgehead atoms. The fraction of sp³-hybridized carbons (Fsp3) is 0. The number of fused-ring (bicyclic) bond motifs is 1. The lowest BCUT2D eigenvalue weighted by atomic mass is 10.1. The van der Waals surface area contributed by atoms with Crippen molar-refractivity contribution in [2.45, 2.75) is 4.90 Å². The van der Waals surface area contributed by atoms with Crippen LogP contribution in [0.25, 0.3) is 0 Å². The summed E-state index contributed by atoms with van der Waals surface area (Å²) in [5.74, 6) is -1.10. The van der Waals surface area contributed by atoms with Crippen LogP contribution in [0.15, 0.2) is 45.6 Å². The van der Waals surface area contributed by atoms with Crippen molar-refractivity contribution < 1.29 is 14.7 Å². The van der Waals surface area contributed by atoms with Crippen LogP contribution in [0.1, 0.15) is 20.8 Å². The molecule has 0 aliphatic carbocycles. The van der Waals surface area contributed by atoms with Crippen molar-refractivity contribution in [1.82, 2.24) is 4.98 Å². The van der Waals surface area contributed by atoms with Crippen LogP contribution in [0.4, 0.5) is 5.13 Å². The fourth-order valence-electron chi connectivity index (χ4n) is 1.70. The summed E-state index contributed by atoms with van der Waals surface area (Å²) in [6, 6.07) is 7.39. The standard InChI is InChI=1S/C13H8N2O3S2/c16-11-7-3-1-2-4-9(7)20-10(11)5-14-13-15-8(6-19-13)12(17)18/h1-6H,(H,14,15)(H,17,18)/b10-5-. The van der Waals surface area contributed by atoms with E-state index in [0.29, 0.717) is 15.6 Å². The lowest BCUT2D eigenvalue weighted by Crippen LogP contribution is -1.99. The van der Waals surface area contributed by atoms with Crippen LogP contribution in [-0.4, -0.2) is 21.8 Å². The summed E-state index contributed by atoms with van der Waals surface area (Å²) in [5, 5.41) is 13.5. The zero-order valence-corrected chi connectivity index (χ0v) is 11.6. The summed E-state index contributed by atoms with van der Waals surface area (Å²) in [7, 11) is 0. The molecule has 0 atom stereocenters. The molecule has 0 saturated carbocycles. The van der Waals surface area contributed by atoms with Gasteiger partial charge in [0, 0.05) is 22.0 Å². The molecule has 1 aromatic heterocycles. The molecular weight excluding hydrogens is 296 g/mol. The number of rotatable bonds is 3. The van der Waals surface area contributed by atoms with Gasteiger partial charge in [-0.1, -0.05) is 23.9 Å². The van der Waals surface area contributed by atoms with Crippen LogP contribution in [0, 0.1) is 0 Å². The summed E-state index contributed by atoms with van der Waals surface area (Å²) in [4.78, 5) is 28.2. The smallest absolute Gasteiger partial charge is 0.355 e. The van der Waals surface area contributed by atoms with Crippen LogP contribution < -0.4 is 5.32 Å². The van der Waals surface area contributed by atoms with E-state index in [1.165, 1.54) is 28.5 Å². The number of Topliss-reactive ketones (excluding diaryl/α,β-unsaturated/α-hetero) is 1. The molecule has 0 fully saturated rings. The number of thioether (sulfide) groups is 1. The number of nitrogens with one attached hydrogen (secondary N) is 1. The van der Waals surface area contributed by atoms with Gasteiger partial charge in [-0.2, -0.15) is 0 Å². The number of hydrogen-bond donors (Lipinski definition) is 2. The van der Waals surface area contributed by atoms with Gasteiger partial charge in [-0.3, -0.25) is 4.79 Å². The van der Waals surface area contributed by atoms with Gasteiger partial charge in [0.15, 0.2) is 10.8 Å². The third-order valence-corrected chi connectivity index (χ3v) is 4.50. The van der Waals surface area contributed by atoms with Crippen molar-refractivity contribution in [3.8, 4) is 0 Å². The maximum absolute atomic E-state index is 12.1. The van der Waals surface area contributed by atoms with Gasteiger partial charge >= 0.3 is 5.97 Å². The molecule has 0 saturated heterocycles. The van der Waals surface area contributed by atoms with Gasteiger partial charge in [-0.05, 0) is 12.1 Å². The van der Waals surface area contributed by atoms with Crippen molar-refractivity contribution in [3.05, 3.63) is 52.0 Å². The second-order valence-electron chi connectivity index (χ2n) is 3.92. The molecule has 0 spiro atoms. The van der Waals surface area contributed by atoms with Gasteiger partial charge < -0.3 is 10.4 Å². The number of hydrogen-bond acceptors (Lipinski definition) is 6. The number of carbonyl (C=O) groups excluding carboxylic acids is 1. The minimum Gasteiger partial charge on any atom is -0.476 e. The van der Waals surface area contributed by atoms with Crippen molar-refractivity contribution in [1.29, 1.82) is 0 Å². The predicted molar refractivity (Wildman–Crippen MR) is 77.4 cm³/mol. The summed E-state index contributed by atoms with van der Waals surface area (Å²) >= 11 is 2.56. The van der Waals surface area contributed by atoms with E-state index in [2.05, 4.69) is 10.3 Å². The number of allylic oxidation sites excluding steroid dienone is 1. The summed E-state index contributed by atoms with van der Waals surface area (Å²) in [5.41, 5.74) is 0.681. The zero-order valence-electron chi connectivity index (χ0n) is 9.99. The molecule has 5 nitrogen and oxygen atoms in total. The Labute approximate surface area is 122 Å². The molecular formula is C13H8N2O3S2. The quantitative estimate of drug-likeness (QED) is 0.848. The number of carboxylic acid groups (broad SMARTS) is 1. The lowest BCUT2D eigenvalue weighted by molar-refractivity contribution is 0.0691. The molecule has 0 radical (unpaired) electrons. The van der Waals surface area contributed by atoms with Gasteiger partial charge in [0.25, 0.3) is 0 Å². The summed E-state index contributed by atoms with van der Waals surface area (Å²) in [6.07, 6.45) is 1.57. The monoisotopic (exact) mass is 304 g/mol. The van der Waals surface area contributed by atoms with Crippen molar-refractivity contribution in [2.24, 2.45) is 0 Å². The molecule has 1 aliphatic heterocycles. The topological polar surface area (TPSA) is 79.3 Å². The van der Waals surface area contributed by atoms with Crippen molar-refractivity contribution >= 4 is 40.0 Å². The highest BCUT2D eigenvalue weighted by Crippen LogP contribution is 2.39. The summed E-state index contributed by atoms with van der Waals surface area (Å²) < 4.78 is 0. The first kappa shape index (κ1) is 12.9. The SMILES string of the molecule is O=C(O)c1csc(N/C=C2\Sc3ccccc3C2=O)n1. The van der Waals surface area contributed by atoms with Gasteiger partial charge in [0.1, 0.15) is 0 Å². The van der Waals surface area contributed by atoms with E-state index in [9.17, 15) is 9.59 Å². The van der Waals surface area contributed by atoms with Crippen LogP contribution in [-0.2, 0) is 0 Å². The fourth-order valence-corrected chi connectivity index (χ4v) is 3.33. The van der Waals surface area contributed by atoms with Crippen molar-refractivity contribution in [2.75, 3.05) is 5.32 Å². The Balaban J connectivity index is 1.78. The van der Waals surface area contributed by atoms with Crippen LogP contribution >= 0.6 is 23.1 Å². The van der Waals surface area contributed by atoms with Crippen LogP contribution in [0.5, 0.6) is 0 Å². The maximum atomic E-state index is 12.1. The molecule has 0 unspecified atom stereocenters. The Morgan fingerprint density at radius 1 is 1.35 bits per heavy atom. The minimum absolute atomic E-state index is 0.00964. The molecule has 7 heteroatoms. The molecule has 3 rings (SSSR count). The first-order valence-electron chi connectivity index (χ1n) is 5.62. The molecule has 2 heterocycles. The highest BCUT2D eigenvalue weighted by molar-refractivity contribution is 8.04. The van der Waals surface area contributed by atoms with Crippen LogP contribution in [0.2, 0.25) is 0 Å². The molecule has 2 aromatic rings. The molecule has 20 heavy (non-hydrogen) atoms. The predicted octanol–water partition coefficient (Wildman–Crippen LogP) is 3.08. The molecule has 2 N–H and O–H groups in total. The molecule has 1 aromatic carbocycles. The number of ketones is 1. The van der Waals surface area contributed by atoms with Gasteiger partial charge in [0.2, 0.25) is 5.78 Å². The van der Waals surface area contributed by atoms with Crippen molar-refractivity contribution in [3.63, 3.8) is 0 Å². The second kappa shape index (κ2) is 5.10. The van der Waals surface area contributed by atoms with Gasteiger partial charge in [-0.25, -0.2) is 9.78 Å². The number of aromatic nitrogens is 1. The highest BCUT2D eigenvalue weighted by atomic mass is 32.2. The van der Waals surface area contributed by atoms with Gasteiger partial charge in [-0.15, -0.1) is 11.3 Å². The summed E-state index contributed by atoms with van der Waals surface area (Å²) in [6.45, 7) is 0. The number of benzene rings is 1. The van der Waals surface area contributed by atoms with E-state index in [4.69, 9.17) is 5.11 Å². The Hall–Kier alpha value is -2.12. The lowest BCUT2D eigenvalue weighted by Gasteiger charge is -1.96. The molecule has 0 amide bonds. The number of carboxylic acids is 1. The number of thiazole rings is 1. The van der Waals surface area contributed by atoms with E-state index < -0.39 is 5.97 Å². The first-order chi connectivity index (χ1) is 9.65. The Morgan fingerprint density at radius 2 is 2.15 bits per heavy atom. The van der Waals surface area contributed by atoms with E-state index in [1.54, 1.807) is 12.3 Å². The zero-order chi connectivity index (χ0) is 14.1. The average Bonchev–Trinajstić information content (AvgIpc) is 3.03. The Kier molecular flexibility index (Phi) is 3.29. The number of anilines is 1. The molecule has 100 valence electrons. The maximum Gasteiger partial charge on any atom is 0.355 e. The van der Waals surface area contributed by atoms with Gasteiger partial charge in [0.05, 0.1) is 4.91 Å². The largest absolute Gasteiger partial charge is 0.476 e. The normalized spacial score (nSPS) is 15.4. The number of aromatic carboxylic acids is 1. The van der Waals surface area contributed by atoms with E-state index >= 15 is 0 Å². The minimum atomic E-state index is -1.07. The Bertz CT molecular complexity index is 737. The third kappa shape index (κ3) is 2.33. The molecule has 1 aliphatic rings. The van der Waals surface area contributed by atoms with E-state index in [-0.39, 0.29) is 11.5 Å². The Morgan fingerprint density at radius 3 is 2.85 bits per heavy atom. The second-order valence-corrected chi connectivity index (χ2v) is 5.87. The highest BCUT2D eigenvalue weighted by Gasteiger charge is 2.25. The third-order valence-electron chi connectivity index (χ3n) is 2.63. The van der Waals surface area contributed by atoms with Crippen LogP contribution in [0.3, 0.4) is 0 Å². The van der Waals surface area contributed by atoms with E-state index in [1.807, 2.05) is 18.2 Å². The first-order valence-corrected chi connectivity index (χ1v) is 7.32.